The van der Waals surface area contributed by atoms with Crippen LogP contribution in [0.4, 0.5) is 0 Å². The zero-order valence-electron chi connectivity index (χ0n) is 15.0. The summed E-state index contributed by atoms with van der Waals surface area (Å²) in [5.41, 5.74) is 2.12. The summed E-state index contributed by atoms with van der Waals surface area (Å²) in [6.45, 7) is 5.40. The molecule has 0 bridgehead atoms. The van der Waals surface area contributed by atoms with Crippen molar-refractivity contribution in [2.75, 3.05) is 33.2 Å². The van der Waals surface area contributed by atoms with Gasteiger partial charge in [0.1, 0.15) is 5.69 Å². The lowest BCUT2D eigenvalue weighted by molar-refractivity contribution is 0.0689. The fourth-order valence-corrected chi connectivity index (χ4v) is 3.32. The third-order valence-corrected chi connectivity index (χ3v) is 4.97. The fraction of sp³-hybridized carbons (Fsp3) is 0.526. The minimum atomic E-state index is -0.0754. The number of benzene rings is 1. The molecule has 6 nitrogen and oxygen atoms in total. The predicted molar refractivity (Wildman–Crippen MR) is 95.3 cm³/mol. The van der Waals surface area contributed by atoms with Gasteiger partial charge in [-0.3, -0.25) is 4.79 Å². The van der Waals surface area contributed by atoms with Crippen LogP contribution in [0.1, 0.15) is 34.6 Å². The highest BCUT2D eigenvalue weighted by Gasteiger charge is 2.26. The molecule has 0 spiro atoms. The van der Waals surface area contributed by atoms with Gasteiger partial charge in [0, 0.05) is 13.1 Å². The first-order valence-electron chi connectivity index (χ1n) is 8.94. The molecule has 1 fully saturated rings. The van der Waals surface area contributed by atoms with Crippen LogP contribution in [0, 0.1) is 12.8 Å². The molecule has 6 heteroatoms. The minimum absolute atomic E-state index is 0.0754. The van der Waals surface area contributed by atoms with Gasteiger partial charge in [-0.2, -0.15) is 0 Å². The quantitative estimate of drug-likeness (QED) is 0.807. The van der Waals surface area contributed by atoms with Crippen LogP contribution in [0.5, 0.6) is 0 Å². The Morgan fingerprint density at radius 2 is 1.96 bits per heavy atom. The van der Waals surface area contributed by atoms with E-state index in [-0.39, 0.29) is 5.91 Å². The van der Waals surface area contributed by atoms with Crippen LogP contribution in [-0.4, -0.2) is 59.2 Å². The van der Waals surface area contributed by atoms with E-state index in [4.69, 9.17) is 4.63 Å². The van der Waals surface area contributed by atoms with Gasteiger partial charge in [0.2, 0.25) is 0 Å². The van der Waals surface area contributed by atoms with Gasteiger partial charge in [-0.1, -0.05) is 35.5 Å². The van der Waals surface area contributed by atoms with Gasteiger partial charge in [0.25, 0.3) is 5.91 Å². The number of aromatic nitrogens is 2. The van der Waals surface area contributed by atoms with Gasteiger partial charge in [0.05, 0.1) is 0 Å². The predicted octanol–water partition coefficient (Wildman–Crippen LogP) is 2.40. The van der Waals surface area contributed by atoms with Crippen molar-refractivity contribution < 1.29 is 9.42 Å². The molecule has 0 N–H and O–H groups in total. The van der Waals surface area contributed by atoms with Crippen LogP contribution < -0.4 is 0 Å². The number of hydrogen-bond donors (Lipinski definition) is 0. The van der Waals surface area contributed by atoms with E-state index in [1.165, 1.54) is 5.56 Å². The van der Waals surface area contributed by atoms with E-state index >= 15 is 0 Å². The van der Waals surface area contributed by atoms with Gasteiger partial charge in [-0.25, -0.2) is 4.63 Å². The van der Waals surface area contributed by atoms with Gasteiger partial charge in [-0.05, 0) is 63.0 Å². The Balaban J connectivity index is 1.68. The van der Waals surface area contributed by atoms with Gasteiger partial charge in [-0.15, -0.1) is 0 Å². The maximum Gasteiger partial charge on any atom is 0.278 e. The summed E-state index contributed by atoms with van der Waals surface area (Å²) in [5, 5.41) is 7.57. The molecule has 1 aliphatic rings. The SMILES string of the molecule is Cc1nonc1C(=O)N(CCc1ccccc1)CC1CCN(C)CC1. The molecule has 1 aromatic carbocycles. The first kappa shape index (κ1) is 17.6. The van der Waals surface area contributed by atoms with Crippen LogP contribution in [-0.2, 0) is 6.42 Å². The minimum Gasteiger partial charge on any atom is -0.337 e. The number of carbonyl (C=O) groups is 1. The van der Waals surface area contributed by atoms with Crippen molar-refractivity contribution in [1.82, 2.24) is 20.1 Å². The van der Waals surface area contributed by atoms with Crippen LogP contribution in [0.25, 0.3) is 0 Å². The zero-order chi connectivity index (χ0) is 17.6. The summed E-state index contributed by atoms with van der Waals surface area (Å²) in [6.07, 6.45) is 3.09. The van der Waals surface area contributed by atoms with Crippen molar-refractivity contribution in [2.45, 2.75) is 26.2 Å². The molecule has 0 saturated carbocycles. The van der Waals surface area contributed by atoms with Crippen molar-refractivity contribution in [3.8, 4) is 0 Å². The lowest BCUT2D eigenvalue weighted by atomic mass is 9.96. The van der Waals surface area contributed by atoms with Crippen LogP contribution in [0.15, 0.2) is 35.0 Å². The number of piperidine rings is 1. The topological polar surface area (TPSA) is 62.5 Å². The lowest BCUT2D eigenvalue weighted by Gasteiger charge is -2.33. The summed E-state index contributed by atoms with van der Waals surface area (Å²) < 4.78 is 4.73. The second-order valence-corrected chi connectivity index (χ2v) is 6.93. The van der Waals surface area contributed by atoms with E-state index in [1.54, 1.807) is 6.92 Å². The van der Waals surface area contributed by atoms with Crippen LogP contribution in [0.2, 0.25) is 0 Å². The van der Waals surface area contributed by atoms with Crippen LogP contribution in [0.3, 0.4) is 0 Å². The molecule has 25 heavy (non-hydrogen) atoms. The highest BCUT2D eigenvalue weighted by atomic mass is 16.6. The highest BCUT2D eigenvalue weighted by Crippen LogP contribution is 2.19. The highest BCUT2D eigenvalue weighted by molar-refractivity contribution is 5.93. The second kappa shape index (κ2) is 8.25. The Morgan fingerprint density at radius 3 is 2.60 bits per heavy atom. The molecule has 3 rings (SSSR count). The average molecular weight is 342 g/mol. The molecular weight excluding hydrogens is 316 g/mol. The van der Waals surface area contributed by atoms with E-state index in [9.17, 15) is 4.79 Å². The smallest absolute Gasteiger partial charge is 0.278 e. The van der Waals surface area contributed by atoms with E-state index in [1.807, 2.05) is 23.1 Å². The van der Waals surface area contributed by atoms with Crippen molar-refractivity contribution in [2.24, 2.45) is 5.92 Å². The van der Waals surface area contributed by atoms with Gasteiger partial charge >= 0.3 is 0 Å². The Hall–Kier alpha value is -2.21. The number of hydrogen-bond acceptors (Lipinski definition) is 5. The Morgan fingerprint density at radius 1 is 1.24 bits per heavy atom. The number of nitrogens with zero attached hydrogens (tertiary/aromatic N) is 4. The first-order chi connectivity index (χ1) is 12.1. The molecular formula is C19H26N4O2. The fourth-order valence-electron chi connectivity index (χ4n) is 3.32. The Bertz CT molecular complexity index is 678. The van der Waals surface area contributed by atoms with Crippen LogP contribution >= 0.6 is 0 Å². The largest absolute Gasteiger partial charge is 0.337 e. The molecule has 0 atom stereocenters. The molecule has 0 unspecified atom stereocenters. The third kappa shape index (κ3) is 4.66. The monoisotopic (exact) mass is 342 g/mol. The first-order valence-corrected chi connectivity index (χ1v) is 8.94. The summed E-state index contributed by atoms with van der Waals surface area (Å²) in [5.74, 6) is 0.463. The molecule has 134 valence electrons. The van der Waals surface area contributed by atoms with Crippen molar-refractivity contribution in [3.63, 3.8) is 0 Å². The maximum absolute atomic E-state index is 12.9. The zero-order valence-corrected chi connectivity index (χ0v) is 15.0. The molecule has 2 aromatic rings. The number of carbonyl (C=O) groups excluding carboxylic acids is 1. The molecule has 1 aromatic heterocycles. The van der Waals surface area contributed by atoms with E-state index < -0.39 is 0 Å². The summed E-state index contributed by atoms with van der Waals surface area (Å²) >= 11 is 0. The van der Waals surface area contributed by atoms with Crippen molar-refractivity contribution >= 4 is 5.91 Å². The molecule has 0 aliphatic carbocycles. The lowest BCUT2D eigenvalue weighted by Crippen LogP contribution is -2.41. The van der Waals surface area contributed by atoms with Crippen molar-refractivity contribution in [1.29, 1.82) is 0 Å². The molecule has 1 aliphatic heterocycles. The third-order valence-electron chi connectivity index (χ3n) is 4.97. The summed E-state index contributed by atoms with van der Waals surface area (Å²) in [4.78, 5) is 17.2. The number of aryl methyl sites for hydroxylation is 1. The van der Waals surface area contributed by atoms with Crippen molar-refractivity contribution in [3.05, 3.63) is 47.3 Å². The Labute approximate surface area is 148 Å². The maximum atomic E-state index is 12.9. The second-order valence-electron chi connectivity index (χ2n) is 6.93. The van der Waals surface area contributed by atoms with E-state index in [0.717, 1.165) is 38.9 Å². The summed E-state index contributed by atoms with van der Waals surface area (Å²) in [7, 11) is 2.15. The molecule has 0 radical (unpaired) electrons. The number of amides is 1. The van der Waals surface area contributed by atoms with E-state index in [0.29, 0.717) is 23.9 Å². The standard InChI is InChI=1S/C19H26N4O2/c1-15-18(21-25-20-15)19(24)23(13-10-16-6-4-3-5-7-16)14-17-8-11-22(2)12-9-17/h3-7,17H,8-14H2,1-2H3. The summed E-state index contributed by atoms with van der Waals surface area (Å²) in [6, 6.07) is 10.3. The Kier molecular flexibility index (Phi) is 5.81. The van der Waals surface area contributed by atoms with Gasteiger partial charge < -0.3 is 9.80 Å². The normalized spacial score (nSPS) is 16.1. The molecule has 1 amide bonds. The van der Waals surface area contributed by atoms with E-state index in [2.05, 4.69) is 34.4 Å². The average Bonchev–Trinajstić information content (AvgIpc) is 3.06. The number of likely N-dealkylation sites (tertiary alicyclic amines) is 1. The molecule has 1 saturated heterocycles. The van der Waals surface area contributed by atoms with Gasteiger partial charge in [0.15, 0.2) is 5.69 Å². The molecule has 2 heterocycles. The number of rotatable bonds is 6.